The van der Waals surface area contributed by atoms with Crippen LogP contribution in [0.2, 0.25) is 0 Å². The van der Waals surface area contributed by atoms with Gasteiger partial charge in [0.2, 0.25) is 11.8 Å². The number of H-pyrrole nitrogens is 2. The number of benzene rings is 2. The van der Waals surface area contributed by atoms with Crippen molar-refractivity contribution >= 4 is 24.0 Å². The number of amides is 4. The molecule has 4 aromatic rings. The van der Waals surface area contributed by atoms with E-state index in [1.165, 1.54) is 26.2 Å². The van der Waals surface area contributed by atoms with Gasteiger partial charge in [-0.25, -0.2) is 19.6 Å². The average molecular weight is 839 g/mol. The Morgan fingerprint density at radius 3 is 1.88 bits per heavy atom. The van der Waals surface area contributed by atoms with E-state index in [0.717, 1.165) is 35.1 Å². The van der Waals surface area contributed by atoms with Gasteiger partial charge in [-0.05, 0) is 56.2 Å². The number of imidazole rings is 2. The van der Waals surface area contributed by atoms with Gasteiger partial charge in [-0.1, -0.05) is 48.5 Å². The molecule has 2 fully saturated rings. The van der Waals surface area contributed by atoms with Crippen molar-refractivity contribution in [2.75, 3.05) is 41.5 Å². The number of alkyl halides is 3. The maximum atomic E-state index is 14.5. The Bertz CT molecular complexity index is 2160. The maximum absolute atomic E-state index is 14.5. The summed E-state index contributed by atoms with van der Waals surface area (Å²) in [5.74, 6) is -0.343. The number of carbonyl (C=O) groups is 4. The Balaban J connectivity index is 1.19. The number of methoxy groups -OCH3 is 3. The van der Waals surface area contributed by atoms with Crippen LogP contribution in [0.15, 0.2) is 54.7 Å². The van der Waals surface area contributed by atoms with Crippen molar-refractivity contribution in [3.8, 4) is 33.6 Å². The molecular formula is C41H49F3N8O8. The number of alkyl carbamates (subject to hydrolysis) is 1. The number of carbonyl (C=O) groups excluding carboxylic acids is 3. The summed E-state index contributed by atoms with van der Waals surface area (Å²) in [5, 5.41) is 12.1. The van der Waals surface area contributed by atoms with Crippen molar-refractivity contribution in [3.63, 3.8) is 0 Å². The van der Waals surface area contributed by atoms with Gasteiger partial charge in [0, 0.05) is 39.9 Å². The van der Waals surface area contributed by atoms with Crippen molar-refractivity contribution in [3.05, 3.63) is 72.1 Å². The Morgan fingerprint density at radius 1 is 0.817 bits per heavy atom. The molecule has 4 N–H and O–H groups in total. The van der Waals surface area contributed by atoms with E-state index in [9.17, 15) is 37.5 Å². The molecule has 322 valence electrons. The van der Waals surface area contributed by atoms with Crippen molar-refractivity contribution in [2.45, 2.75) is 82.1 Å². The summed E-state index contributed by atoms with van der Waals surface area (Å²) in [6, 6.07) is 10.7. The van der Waals surface area contributed by atoms with Crippen LogP contribution >= 0.6 is 0 Å². The molecule has 6 rings (SSSR count). The summed E-state index contributed by atoms with van der Waals surface area (Å²) in [6.45, 7) is 3.93. The lowest BCUT2D eigenvalue weighted by Crippen LogP contribution is -2.54. The lowest BCUT2D eigenvalue weighted by atomic mass is 10.0. The molecule has 0 radical (unpaired) electrons. The first kappa shape index (κ1) is 43.6. The number of rotatable bonds is 13. The summed E-state index contributed by atoms with van der Waals surface area (Å²) in [6.07, 6.45) is -4.38. The molecule has 0 saturated carbocycles. The predicted octanol–water partition coefficient (Wildman–Crippen LogP) is 6.25. The zero-order chi connectivity index (χ0) is 43.5. The zero-order valence-electron chi connectivity index (χ0n) is 34.1. The molecule has 2 aliphatic rings. The summed E-state index contributed by atoms with van der Waals surface area (Å²) in [5.41, 5.74) is 1.95. The quantitative estimate of drug-likeness (QED) is 0.120. The topological polar surface area (TPSA) is 195 Å². The van der Waals surface area contributed by atoms with Crippen LogP contribution in [-0.4, -0.2) is 130 Å². The molecule has 16 nitrogen and oxygen atoms in total. The van der Waals surface area contributed by atoms with Crippen molar-refractivity contribution in [2.24, 2.45) is 0 Å². The van der Waals surface area contributed by atoms with Gasteiger partial charge in [0.1, 0.15) is 35.1 Å². The van der Waals surface area contributed by atoms with Crippen LogP contribution in [0.4, 0.5) is 22.8 Å². The van der Waals surface area contributed by atoms with Gasteiger partial charge in [0.15, 0.2) is 0 Å². The first-order valence-electron chi connectivity index (χ1n) is 19.5. The van der Waals surface area contributed by atoms with Gasteiger partial charge >= 0.3 is 18.4 Å². The van der Waals surface area contributed by atoms with Gasteiger partial charge in [-0.2, -0.15) is 13.2 Å². The van der Waals surface area contributed by atoms with E-state index in [1.807, 2.05) is 24.3 Å². The number of aromatic nitrogens is 4. The molecule has 2 aromatic heterocycles. The third-order valence-corrected chi connectivity index (χ3v) is 11.3. The first-order chi connectivity index (χ1) is 28.6. The second-order valence-electron chi connectivity index (χ2n) is 14.9. The van der Waals surface area contributed by atoms with Crippen LogP contribution in [0.3, 0.4) is 0 Å². The number of likely N-dealkylation sites (N-methyl/N-ethyl adjacent to an activating group) is 1. The number of carboxylic acid groups (broad SMARTS) is 1. The van der Waals surface area contributed by atoms with Crippen LogP contribution in [0.5, 0.6) is 0 Å². The van der Waals surface area contributed by atoms with E-state index in [4.69, 9.17) is 9.47 Å². The number of likely N-dealkylation sites (tertiary alicyclic amines) is 2. The minimum Gasteiger partial charge on any atom is -0.465 e. The van der Waals surface area contributed by atoms with Gasteiger partial charge in [0.25, 0.3) is 0 Å². The number of hydrogen-bond donors (Lipinski definition) is 4. The number of aromatic amines is 2. The van der Waals surface area contributed by atoms with E-state index in [1.54, 1.807) is 49.2 Å². The highest BCUT2D eigenvalue weighted by Gasteiger charge is 2.43. The third-order valence-electron chi connectivity index (χ3n) is 11.3. The fraction of sp³-hybridized carbons (Fsp3) is 0.463. The average Bonchev–Trinajstić information content (AvgIpc) is 4.08. The zero-order valence-corrected chi connectivity index (χ0v) is 34.1. The second-order valence-corrected chi connectivity index (χ2v) is 14.9. The molecule has 6 atom stereocenters. The number of halogens is 3. The van der Waals surface area contributed by atoms with Gasteiger partial charge in [-0.3, -0.25) is 14.5 Å². The molecule has 1 unspecified atom stereocenters. The number of nitrogens with zero attached hydrogens (tertiary/aromatic N) is 5. The van der Waals surface area contributed by atoms with Crippen LogP contribution in [0.1, 0.15) is 69.0 Å². The summed E-state index contributed by atoms with van der Waals surface area (Å²) < 4.78 is 58.7. The summed E-state index contributed by atoms with van der Waals surface area (Å²) in [7, 11) is 5.31. The summed E-state index contributed by atoms with van der Waals surface area (Å²) in [4.78, 5) is 69.9. The van der Waals surface area contributed by atoms with Crippen LogP contribution in [0.25, 0.3) is 33.6 Å². The highest BCUT2D eigenvalue weighted by Crippen LogP contribution is 2.40. The largest absolute Gasteiger partial charge is 0.465 e. The van der Waals surface area contributed by atoms with Crippen LogP contribution in [-0.2, 0) is 30.0 Å². The van der Waals surface area contributed by atoms with Crippen molar-refractivity contribution < 1.29 is 51.7 Å². The van der Waals surface area contributed by atoms with Gasteiger partial charge in [0.05, 0.1) is 43.3 Å². The molecule has 0 spiro atoms. The van der Waals surface area contributed by atoms with Crippen molar-refractivity contribution in [1.82, 2.24) is 40.0 Å². The minimum atomic E-state index is -4.78. The first-order valence-corrected chi connectivity index (χ1v) is 19.5. The molecule has 0 aliphatic carbocycles. The second kappa shape index (κ2) is 18.1. The Morgan fingerprint density at radius 2 is 1.35 bits per heavy atom. The van der Waals surface area contributed by atoms with E-state index in [-0.39, 0.29) is 35.6 Å². The van der Waals surface area contributed by atoms with Crippen LogP contribution < -0.4 is 5.32 Å². The molecule has 19 heteroatoms. The fourth-order valence-electron chi connectivity index (χ4n) is 7.89. The number of hydrogen-bond acceptors (Lipinski definition) is 9. The molecule has 4 heterocycles. The van der Waals surface area contributed by atoms with Gasteiger partial charge < -0.3 is 44.4 Å². The number of ether oxygens (including phenoxy) is 3. The van der Waals surface area contributed by atoms with E-state index >= 15 is 0 Å². The highest BCUT2D eigenvalue weighted by atomic mass is 19.4. The highest BCUT2D eigenvalue weighted by molar-refractivity contribution is 5.87. The lowest BCUT2D eigenvalue weighted by Gasteiger charge is -2.34. The van der Waals surface area contributed by atoms with Crippen molar-refractivity contribution in [1.29, 1.82) is 0 Å². The minimum absolute atomic E-state index is 0.0189. The molecule has 60 heavy (non-hydrogen) atoms. The molecule has 2 aromatic carbocycles. The predicted molar refractivity (Wildman–Crippen MR) is 211 cm³/mol. The van der Waals surface area contributed by atoms with Gasteiger partial charge in [-0.15, -0.1) is 0 Å². The number of nitrogens with one attached hydrogen (secondary N) is 3. The fourth-order valence-corrected chi connectivity index (χ4v) is 7.89. The lowest BCUT2D eigenvalue weighted by molar-refractivity contribution is -0.142. The summed E-state index contributed by atoms with van der Waals surface area (Å²) >= 11 is 0. The Hall–Kier alpha value is -5.95. The van der Waals surface area contributed by atoms with Crippen LogP contribution in [0, 0.1) is 0 Å². The SMILES string of the molecule is COC(=O)N[C@H](C(=O)N1CCC[C@H]1c1nc(-c2ccc(-c3ccc(-c4cnc([C@@H]5CCCN5C(=O)[C@H]([C@@H](C)OC)N(C)C(=O)O)[nH]4)cc3)cc2)c(C(F)(F)F)[nH]1)C(C)OC. The monoisotopic (exact) mass is 838 g/mol. The van der Waals surface area contributed by atoms with E-state index < -0.39 is 60.3 Å². The Labute approximate surface area is 344 Å². The maximum Gasteiger partial charge on any atom is 0.433 e. The molecule has 4 amide bonds. The van der Waals surface area contributed by atoms with E-state index in [2.05, 4.69) is 30.0 Å². The smallest absolute Gasteiger partial charge is 0.433 e. The van der Waals surface area contributed by atoms with E-state index in [0.29, 0.717) is 37.3 Å². The molecule has 2 aliphatic heterocycles. The Kier molecular flexibility index (Phi) is 13.2. The molecule has 0 bridgehead atoms. The molecular weight excluding hydrogens is 789 g/mol. The standard InChI is InChI=1S/C41H49F3N8O8/c1-22(58-4)31(48-39(55)60-6)37(53)51-19-8-10-30(51)36-47-32(34(49-36)41(42,43)44)27-17-13-25(14-18-27)24-11-15-26(16-12-24)28-21-45-35(46-28)29-9-7-20-52(29)38(54)33(23(2)59-5)50(3)40(56)57/h11-18,21-23,29-31,33H,7-10,19-20H2,1-6H3,(H,45,46)(H,47,49)(H,48,55)(H,56,57)/t22?,23-,29+,30+,31+,33+/m1/s1. The molecule has 2 saturated heterocycles. The normalized spacial score (nSPS) is 18.8. The third kappa shape index (κ3) is 8.96.